The summed E-state index contributed by atoms with van der Waals surface area (Å²) in [5.74, 6) is 2.06. The van der Waals surface area contributed by atoms with E-state index in [0.29, 0.717) is 13.1 Å². The molecule has 0 saturated carbocycles. The molecule has 2 aromatic rings. The van der Waals surface area contributed by atoms with Crippen LogP contribution < -0.4 is 5.32 Å². The van der Waals surface area contributed by atoms with Crippen molar-refractivity contribution in [2.75, 3.05) is 13.1 Å². The number of rotatable bonds is 5. The molecule has 0 aliphatic carbocycles. The molecule has 0 unspecified atom stereocenters. The van der Waals surface area contributed by atoms with Crippen LogP contribution in [-0.2, 0) is 30.7 Å². The van der Waals surface area contributed by atoms with Crippen molar-refractivity contribution in [2.24, 2.45) is 5.92 Å². The van der Waals surface area contributed by atoms with E-state index in [-0.39, 0.29) is 17.9 Å². The summed E-state index contributed by atoms with van der Waals surface area (Å²) in [5.41, 5.74) is 2.19. The smallest absolute Gasteiger partial charge is 0.227 e. The van der Waals surface area contributed by atoms with Crippen LogP contribution in [0.4, 0.5) is 0 Å². The number of hydrogen-bond acceptors (Lipinski definition) is 5. The largest absolute Gasteiger partial charge is 0.338 e. The lowest BCUT2D eigenvalue weighted by molar-refractivity contribution is -0.136. The maximum atomic E-state index is 13.0. The van der Waals surface area contributed by atoms with E-state index < -0.39 is 0 Å². The summed E-state index contributed by atoms with van der Waals surface area (Å²) in [6.07, 6.45) is 11.0. The molecule has 4 heterocycles. The Bertz CT molecular complexity index is 826. The first-order valence-corrected chi connectivity index (χ1v) is 10.5. The fourth-order valence-electron chi connectivity index (χ4n) is 4.27. The Balaban J connectivity index is 1.41. The predicted octanol–water partition coefficient (Wildman–Crippen LogP) is 2.27. The van der Waals surface area contributed by atoms with Crippen LogP contribution in [0.3, 0.4) is 0 Å². The molecular weight excluding hydrogens is 352 g/mol. The lowest BCUT2D eigenvalue weighted by Crippen LogP contribution is -2.40. The van der Waals surface area contributed by atoms with Crippen LogP contribution in [0.2, 0.25) is 0 Å². The zero-order chi connectivity index (χ0) is 19.5. The number of carbonyl (C=O) groups excluding carboxylic acids is 1. The van der Waals surface area contributed by atoms with Crippen molar-refractivity contribution < 1.29 is 4.79 Å². The summed E-state index contributed by atoms with van der Waals surface area (Å²) in [6.45, 7) is 7.16. The van der Waals surface area contributed by atoms with Crippen LogP contribution in [0.15, 0.2) is 18.6 Å². The van der Waals surface area contributed by atoms with Crippen molar-refractivity contribution in [3.63, 3.8) is 0 Å². The highest BCUT2D eigenvalue weighted by Crippen LogP contribution is 2.24. The highest BCUT2D eigenvalue weighted by molar-refractivity contribution is 5.78. The Morgan fingerprint density at radius 3 is 3.04 bits per heavy atom. The van der Waals surface area contributed by atoms with E-state index >= 15 is 0 Å². The van der Waals surface area contributed by atoms with E-state index in [4.69, 9.17) is 4.98 Å². The van der Waals surface area contributed by atoms with Crippen molar-refractivity contribution in [3.8, 4) is 0 Å². The van der Waals surface area contributed by atoms with E-state index in [1.165, 1.54) is 12.8 Å². The van der Waals surface area contributed by atoms with Gasteiger partial charge in [-0.15, -0.1) is 0 Å². The van der Waals surface area contributed by atoms with Crippen LogP contribution in [0.5, 0.6) is 0 Å². The average Bonchev–Trinajstić information content (AvgIpc) is 3.20. The van der Waals surface area contributed by atoms with Crippen molar-refractivity contribution in [1.29, 1.82) is 0 Å². The zero-order valence-electron chi connectivity index (χ0n) is 16.9. The lowest BCUT2D eigenvalue weighted by atomic mass is 10.0. The van der Waals surface area contributed by atoms with Crippen LogP contribution in [0.1, 0.15) is 62.1 Å². The molecule has 2 atom stereocenters. The third kappa shape index (κ3) is 3.94. The third-order valence-corrected chi connectivity index (χ3v) is 5.90. The van der Waals surface area contributed by atoms with E-state index in [1.54, 1.807) is 0 Å². The third-order valence-electron chi connectivity index (χ3n) is 5.90. The summed E-state index contributed by atoms with van der Waals surface area (Å²) in [6, 6.07) is 0.279. The van der Waals surface area contributed by atoms with Gasteiger partial charge in [-0.2, -0.15) is 0 Å². The minimum Gasteiger partial charge on any atom is -0.338 e. The van der Waals surface area contributed by atoms with Gasteiger partial charge in [0.05, 0.1) is 17.7 Å². The minimum absolute atomic E-state index is 0.0762. The predicted molar refractivity (Wildman–Crippen MR) is 107 cm³/mol. The molecule has 0 spiro atoms. The summed E-state index contributed by atoms with van der Waals surface area (Å²) in [4.78, 5) is 28.7. The van der Waals surface area contributed by atoms with Crippen LogP contribution in [-0.4, -0.2) is 43.4 Å². The maximum absolute atomic E-state index is 13.0. The molecule has 2 aliphatic heterocycles. The van der Waals surface area contributed by atoms with E-state index in [1.807, 2.05) is 30.4 Å². The van der Waals surface area contributed by atoms with Crippen LogP contribution >= 0.6 is 0 Å². The number of hydrogen-bond donors (Lipinski definition) is 1. The first-order valence-electron chi connectivity index (χ1n) is 10.5. The monoisotopic (exact) mass is 382 g/mol. The molecule has 7 heteroatoms. The number of aryl methyl sites for hydroxylation is 1. The van der Waals surface area contributed by atoms with Crippen LogP contribution in [0, 0.1) is 5.92 Å². The van der Waals surface area contributed by atoms with Gasteiger partial charge in [-0.1, -0.05) is 20.3 Å². The molecular formula is C21H30N6O. The number of nitrogens with one attached hydrogen (secondary N) is 1. The van der Waals surface area contributed by atoms with Gasteiger partial charge in [0.1, 0.15) is 11.6 Å². The number of piperidine rings is 1. The molecule has 1 N–H and O–H groups in total. The number of imidazole rings is 1. The summed E-state index contributed by atoms with van der Waals surface area (Å²) in [5, 5.41) is 3.52. The molecule has 0 aromatic carbocycles. The van der Waals surface area contributed by atoms with Gasteiger partial charge in [-0.05, 0) is 19.4 Å². The van der Waals surface area contributed by atoms with Gasteiger partial charge in [0.25, 0.3) is 0 Å². The SMILES string of the molecule is CCc1nccn1C[C@H](C)C(=O)N1CCc2nc([C@H]3CCCCN3)ncc2C1. The van der Waals surface area contributed by atoms with E-state index in [9.17, 15) is 4.79 Å². The highest BCUT2D eigenvalue weighted by Gasteiger charge is 2.27. The second kappa shape index (κ2) is 8.39. The highest BCUT2D eigenvalue weighted by atomic mass is 16.2. The topological polar surface area (TPSA) is 75.9 Å². The van der Waals surface area contributed by atoms with Crippen molar-refractivity contribution in [1.82, 2.24) is 29.7 Å². The lowest BCUT2D eigenvalue weighted by Gasteiger charge is -2.31. The normalized spacial score (nSPS) is 20.6. The Hall–Kier alpha value is -2.28. The zero-order valence-corrected chi connectivity index (χ0v) is 16.9. The van der Waals surface area contributed by atoms with Gasteiger partial charge in [0, 0.05) is 56.6 Å². The summed E-state index contributed by atoms with van der Waals surface area (Å²) < 4.78 is 2.09. The Morgan fingerprint density at radius 1 is 1.36 bits per heavy atom. The van der Waals surface area contributed by atoms with E-state index in [0.717, 1.165) is 55.3 Å². The second-order valence-corrected chi connectivity index (χ2v) is 7.96. The van der Waals surface area contributed by atoms with Gasteiger partial charge in [0.15, 0.2) is 0 Å². The van der Waals surface area contributed by atoms with Gasteiger partial charge in [-0.3, -0.25) is 4.79 Å². The number of fused-ring (bicyclic) bond motifs is 1. The van der Waals surface area contributed by atoms with Crippen molar-refractivity contribution in [3.05, 3.63) is 41.5 Å². The maximum Gasteiger partial charge on any atom is 0.227 e. The molecule has 2 aromatic heterocycles. The minimum atomic E-state index is -0.0762. The Labute approximate surface area is 166 Å². The first-order chi connectivity index (χ1) is 13.7. The van der Waals surface area contributed by atoms with Gasteiger partial charge < -0.3 is 14.8 Å². The molecule has 4 rings (SSSR count). The van der Waals surface area contributed by atoms with Crippen LogP contribution in [0.25, 0.3) is 0 Å². The fraction of sp³-hybridized carbons (Fsp3) is 0.619. The van der Waals surface area contributed by atoms with Crippen molar-refractivity contribution in [2.45, 2.75) is 65.1 Å². The molecule has 1 amide bonds. The van der Waals surface area contributed by atoms with Gasteiger partial charge in [-0.25, -0.2) is 15.0 Å². The molecule has 1 saturated heterocycles. The molecule has 7 nitrogen and oxygen atoms in total. The summed E-state index contributed by atoms with van der Waals surface area (Å²) >= 11 is 0. The second-order valence-electron chi connectivity index (χ2n) is 7.96. The van der Waals surface area contributed by atoms with Gasteiger partial charge >= 0.3 is 0 Å². The van der Waals surface area contributed by atoms with Crippen molar-refractivity contribution >= 4 is 5.91 Å². The number of aromatic nitrogens is 4. The summed E-state index contributed by atoms with van der Waals surface area (Å²) in [7, 11) is 0. The quantitative estimate of drug-likeness (QED) is 0.859. The average molecular weight is 383 g/mol. The number of nitrogens with zero attached hydrogens (tertiary/aromatic N) is 5. The number of amides is 1. The first kappa shape index (κ1) is 19.1. The van der Waals surface area contributed by atoms with Gasteiger partial charge in [0.2, 0.25) is 5.91 Å². The molecule has 0 bridgehead atoms. The molecule has 1 fully saturated rings. The Kier molecular flexibility index (Phi) is 5.71. The number of carbonyl (C=O) groups is 1. The molecule has 150 valence electrons. The van der Waals surface area contributed by atoms with E-state index in [2.05, 4.69) is 26.8 Å². The fourth-order valence-corrected chi connectivity index (χ4v) is 4.27. The Morgan fingerprint density at radius 2 is 2.25 bits per heavy atom. The molecule has 28 heavy (non-hydrogen) atoms. The molecule has 0 radical (unpaired) electrons. The standard InChI is InChI=1S/C21H30N6O/c1-3-19-23-9-11-26(19)13-15(2)21(28)27-10-7-17-16(14-27)12-24-20(25-17)18-6-4-5-8-22-18/h9,11-12,15,18,22H,3-8,10,13-14H2,1-2H3/t15-,18+/m0/s1. The molecule has 2 aliphatic rings.